The van der Waals surface area contributed by atoms with Crippen molar-refractivity contribution < 1.29 is 9.59 Å². The lowest BCUT2D eigenvalue weighted by Gasteiger charge is -2.44. The van der Waals surface area contributed by atoms with E-state index in [4.69, 9.17) is 0 Å². The van der Waals surface area contributed by atoms with Crippen molar-refractivity contribution in [3.63, 3.8) is 0 Å². The molecule has 0 bridgehead atoms. The van der Waals surface area contributed by atoms with Gasteiger partial charge in [0.1, 0.15) is 11.6 Å². The number of amides is 2. The molecule has 0 aliphatic carbocycles. The Morgan fingerprint density at radius 2 is 1.76 bits per heavy atom. The van der Waals surface area contributed by atoms with Gasteiger partial charge in [-0.2, -0.15) is 0 Å². The third kappa shape index (κ3) is 2.67. The summed E-state index contributed by atoms with van der Waals surface area (Å²) in [5.41, 5.74) is 2.21. The number of rotatable bonds is 2. The fourth-order valence-corrected chi connectivity index (χ4v) is 2.73. The first-order valence-electron chi connectivity index (χ1n) is 7.38. The molecule has 1 aliphatic heterocycles. The lowest BCUT2D eigenvalue weighted by molar-refractivity contribution is -0.138. The van der Waals surface area contributed by atoms with Crippen LogP contribution < -0.4 is 10.2 Å². The van der Waals surface area contributed by atoms with Gasteiger partial charge in [0.05, 0.1) is 0 Å². The second-order valence-corrected chi connectivity index (χ2v) is 6.75. The number of carbonyl (C=O) groups is 2. The number of piperazine rings is 1. The first kappa shape index (κ1) is 15.5. The van der Waals surface area contributed by atoms with Crippen molar-refractivity contribution in [1.82, 2.24) is 5.32 Å². The molecule has 4 nitrogen and oxygen atoms in total. The average molecular weight is 288 g/mol. The minimum Gasteiger partial charge on any atom is -0.340 e. The summed E-state index contributed by atoms with van der Waals surface area (Å²) >= 11 is 0. The topological polar surface area (TPSA) is 49.4 Å². The molecule has 1 atom stereocenters. The Kier molecular flexibility index (Phi) is 3.83. The Bertz CT molecular complexity index is 590. The summed E-state index contributed by atoms with van der Waals surface area (Å²) in [5.74, 6) is -0.108. The summed E-state index contributed by atoms with van der Waals surface area (Å²) in [7, 11) is 0. The van der Waals surface area contributed by atoms with Crippen LogP contribution in [0.25, 0.3) is 0 Å². The molecule has 0 spiro atoms. The SMILES string of the molecule is Cc1ccc(N2C(=O)C(C)(C)NC(=O)C2C(C)C)cc1C. The van der Waals surface area contributed by atoms with Crippen LogP contribution in [0.3, 0.4) is 0 Å². The number of anilines is 1. The number of benzene rings is 1. The Morgan fingerprint density at radius 3 is 2.29 bits per heavy atom. The maximum absolute atomic E-state index is 12.8. The molecule has 1 aromatic carbocycles. The van der Waals surface area contributed by atoms with Crippen LogP contribution in [0.4, 0.5) is 5.69 Å². The summed E-state index contributed by atoms with van der Waals surface area (Å²) in [6.45, 7) is 11.5. The molecular formula is C17H24N2O2. The maximum atomic E-state index is 12.8. The highest BCUT2D eigenvalue weighted by Crippen LogP contribution is 2.29. The monoisotopic (exact) mass is 288 g/mol. The molecule has 1 aromatic rings. The first-order valence-corrected chi connectivity index (χ1v) is 7.38. The molecule has 1 unspecified atom stereocenters. The molecule has 1 N–H and O–H groups in total. The number of nitrogens with zero attached hydrogens (tertiary/aromatic N) is 1. The molecule has 1 heterocycles. The Balaban J connectivity index is 2.55. The van der Waals surface area contributed by atoms with E-state index in [9.17, 15) is 9.59 Å². The van der Waals surface area contributed by atoms with Gasteiger partial charge in [0.15, 0.2) is 0 Å². The predicted molar refractivity (Wildman–Crippen MR) is 84.2 cm³/mol. The van der Waals surface area contributed by atoms with Gasteiger partial charge in [-0.05, 0) is 56.9 Å². The van der Waals surface area contributed by atoms with Crippen molar-refractivity contribution in [2.24, 2.45) is 5.92 Å². The number of carbonyl (C=O) groups excluding carboxylic acids is 2. The van der Waals surface area contributed by atoms with Crippen molar-refractivity contribution in [2.45, 2.75) is 53.1 Å². The van der Waals surface area contributed by atoms with E-state index < -0.39 is 11.6 Å². The van der Waals surface area contributed by atoms with Crippen molar-refractivity contribution in [3.8, 4) is 0 Å². The summed E-state index contributed by atoms with van der Waals surface area (Å²) in [4.78, 5) is 26.9. The highest BCUT2D eigenvalue weighted by molar-refractivity contribution is 6.10. The molecule has 2 amide bonds. The average Bonchev–Trinajstić information content (AvgIpc) is 2.36. The van der Waals surface area contributed by atoms with Gasteiger partial charge in [-0.25, -0.2) is 0 Å². The zero-order chi connectivity index (χ0) is 15.9. The van der Waals surface area contributed by atoms with E-state index in [0.29, 0.717) is 0 Å². The van der Waals surface area contributed by atoms with Crippen LogP contribution in [0.5, 0.6) is 0 Å². The van der Waals surface area contributed by atoms with E-state index in [1.165, 1.54) is 5.56 Å². The van der Waals surface area contributed by atoms with Gasteiger partial charge in [-0.1, -0.05) is 19.9 Å². The molecule has 0 aromatic heterocycles. The van der Waals surface area contributed by atoms with E-state index in [2.05, 4.69) is 5.32 Å². The predicted octanol–water partition coefficient (Wildman–Crippen LogP) is 2.57. The van der Waals surface area contributed by atoms with Crippen molar-refractivity contribution in [1.29, 1.82) is 0 Å². The summed E-state index contributed by atoms with van der Waals surface area (Å²) in [6, 6.07) is 5.43. The zero-order valence-corrected chi connectivity index (χ0v) is 13.7. The minimum atomic E-state index is -0.874. The number of nitrogens with one attached hydrogen (secondary N) is 1. The van der Waals surface area contributed by atoms with Crippen LogP contribution in [-0.2, 0) is 9.59 Å². The normalized spacial score (nSPS) is 21.7. The fourth-order valence-electron chi connectivity index (χ4n) is 2.73. The first-order chi connectivity index (χ1) is 9.65. The van der Waals surface area contributed by atoms with Gasteiger partial charge in [0.2, 0.25) is 5.91 Å². The molecule has 2 rings (SSSR count). The van der Waals surface area contributed by atoms with Crippen LogP contribution in [0.15, 0.2) is 18.2 Å². The van der Waals surface area contributed by atoms with Gasteiger partial charge in [-0.3, -0.25) is 14.5 Å². The minimum absolute atomic E-state index is 0.0478. The molecular weight excluding hydrogens is 264 g/mol. The molecule has 0 saturated carbocycles. The van der Waals surface area contributed by atoms with E-state index in [0.717, 1.165) is 11.3 Å². The Labute approximate surface area is 126 Å². The van der Waals surface area contributed by atoms with Crippen molar-refractivity contribution in [3.05, 3.63) is 29.3 Å². The number of hydrogen-bond acceptors (Lipinski definition) is 2. The Hall–Kier alpha value is -1.84. The highest BCUT2D eigenvalue weighted by atomic mass is 16.2. The summed E-state index contributed by atoms with van der Waals surface area (Å²) < 4.78 is 0. The molecule has 0 radical (unpaired) electrons. The second kappa shape index (κ2) is 5.17. The van der Waals surface area contributed by atoms with E-state index in [1.807, 2.05) is 45.9 Å². The van der Waals surface area contributed by atoms with Gasteiger partial charge in [0, 0.05) is 5.69 Å². The molecule has 21 heavy (non-hydrogen) atoms. The lowest BCUT2D eigenvalue weighted by Crippen LogP contribution is -2.69. The fraction of sp³-hybridized carbons (Fsp3) is 0.529. The molecule has 4 heteroatoms. The van der Waals surface area contributed by atoms with Crippen molar-refractivity contribution in [2.75, 3.05) is 4.90 Å². The second-order valence-electron chi connectivity index (χ2n) is 6.75. The van der Waals surface area contributed by atoms with Crippen LogP contribution in [-0.4, -0.2) is 23.4 Å². The lowest BCUT2D eigenvalue weighted by atomic mass is 9.90. The maximum Gasteiger partial charge on any atom is 0.252 e. The van der Waals surface area contributed by atoms with Gasteiger partial charge in [0.25, 0.3) is 5.91 Å². The molecule has 114 valence electrons. The standard InChI is InChI=1S/C17H24N2O2/c1-10(2)14-15(20)18-17(5,6)16(21)19(14)13-8-7-11(3)12(4)9-13/h7-10,14H,1-6H3,(H,18,20). The van der Waals surface area contributed by atoms with Crippen LogP contribution in [0, 0.1) is 19.8 Å². The molecule has 1 aliphatic rings. The molecule has 1 saturated heterocycles. The van der Waals surface area contributed by atoms with Gasteiger partial charge >= 0.3 is 0 Å². The van der Waals surface area contributed by atoms with E-state index in [-0.39, 0.29) is 17.7 Å². The third-order valence-electron chi connectivity index (χ3n) is 4.14. The summed E-state index contributed by atoms with van der Waals surface area (Å²) in [6.07, 6.45) is 0. The van der Waals surface area contributed by atoms with Crippen molar-refractivity contribution >= 4 is 17.5 Å². The number of hydrogen-bond donors (Lipinski definition) is 1. The van der Waals surface area contributed by atoms with Crippen LogP contribution in [0.2, 0.25) is 0 Å². The largest absolute Gasteiger partial charge is 0.340 e. The van der Waals surface area contributed by atoms with E-state index >= 15 is 0 Å². The zero-order valence-electron chi connectivity index (χ0n) is 13.7. The van der Waals surface area contributed by atoms with E-state index in [1.54, 1.807) is 18.7 Å². The molecule has 1 fully saturated rings. The summed E-state index contributed by atoms with van der Waals surface area (Å²) in [5, 5.41) is 2.83. The number of aryl methyl sites for hydroxylation is 2. The third-order valence-corrected chi connectivity index (χ3v) is 4.14. The quantitative estimate of drug-likeness (QED) is 0.909. The Morgan fingerprint density at radius 1 is 1.14 bits per heavy atom. The van der Waals surface area contributed by atoms with Gasteiger partial charge < -0.3 is 5.32 Å². The van der Waals surface area contributed by atoms with Crippen LogP contribution >= 0.6 is 0 Å². The highest BCUT2D eigenvalue weighted by Gasteiger charge is 2.47. The smallest absolute Gasteiger partial charge is 0.252 e. The van der Waals surface area contributed by atoms with Crippen LogP contribution in [0.1, 0.15) is 38.8 Å². The van der Waals surface area contributed by atoms with Gasteiger partial charge in [-0.15, -0.1) is 0 Å².